The highest BCUT2D eigenvalue weighted by molar-refractivity contribution is 6.04. The Labute approximate surface area is 136 Å². The number of nitrogens with one attached hydrogen (secondary N) is 3. The highest BCUT2D eigenvalue weighted by Crippen LogP contribution is 2.27. The van der Waals surface area contributed by atoms with Gasteiger partial charge in [-0.25, -0.2) is 0 Å². The van der Waals surface area contributed by atoms with Crippen molar-refractivity contribution in [3.63, 3.8) is 0 Å². The van der Waals surface area contributed by atoms with Gasteiger partial charge in [-0.15, -0.1) is 0 Å². The fraction of sp³-hybridized carbons (Fsp3) is 0.529. The second-order valence-electron chi connectivity index (χ2n) is 6.28. The van der Waals surface area contributed by atoms with Gasteiger partial charge in [0.1, 0.15) is 5.75 Å². The first kappa shape index (κ1) is 15.8. The summed E-state index contributed by atoms with van der Waals surface area (Å²) in [6.07, 6.45) is 4.53. The molecule has 2 fully saturated rings. The number of ether oxygens (including phenoxy) is 1. The number of carbonyl (C=O) groups is 2. The number of methoxy groups -OCH3 is 1. The summed E-state index contributed by atoms with van der Waals surface area (Å²) in [5.41, 5.74) is 0.953. The van der Waals surface area contributed by atoms with E-state index in [0.717, 1.165) is 25.3 Å². The molecule has 1 aromatic rings. The quantitative estimate of drug-likeness (QED) is 0.679. The van der Waals surface area contributed by atoms with Crippen LogP contribution in [0.2, 0.25) is 0 Å². The van der Waals surface area contributed by atoms with E-state index in [0.29, 0.717) is 17.0 Å². The molecular weight excluding hydrogens is 294 g/mol. The van der Waals surface area contributed by atoms with E-state index in [1.807, 2.05) is 0 Å². The molecule has 0 bridgehead atoms. The van der Waals surface area contributed by atoms with E-state index < -0.39 is 0 Å². The molecule has 0 saturated heterocycles. The van der Waals surface area contributed by atoms with Crippen LogP contribution in [0.3, 0.4) is 0 Å². The minimum Gasteiger partial charge on any atom is -0.497 e. The smallest absolute Gasteiger partial charge is 0.253 e. The zero-order valence-corrected chi connectivity index (χ0v) is 13.4. The summed E-state index contributed by atoms with van der Waals surface area (Å²) in [4.78, 5) is 24.4. The van der Waals surface area contributed by atoms with Crippen molar-refractivity contribution in [2.45, 2.75) is 31.7 Å². The summed E-state index contributed by atoms with van der Waals surface area (Å²) in [6, 6.07) is 5.36. The van der Waals surface area contributed by atoms with Crippen molar-refractivity contribution in [1.82, 2.24) is 10.6 Å². The van der Waals surface area contributed by atoms with Crippen LogP contribution < -0.4 is 20.7 Å². The lowest BCUT2D eigenvalue weighted by Crippen LogP contribution is -2.31. The maximum atomic E-state index is 12.3. The van der Waals surface area contributed by atoms with Crippen LogP contribution in [0.5, 0.6) is 5.75 Å². The Balaban J connectivity index is 1.63. The van der Waals surface area contributed by atoms with E-state index in [4.69, 9.17) is 4.74 Å². The lowest BCUT2D eigenvalue weighted by molar-refractivity contribution is -0.115. The largest absolute Gasteiger partial charge is 0.497 e. The Morgan fingerprint density at radius 1 is 1.22 bits per heavy atom. The second kappa shape index (κ2) is 7.00. The standard InChI is InChI=1S/C17H23N3O3/c1-23-13-6-7-15(14(8-13)17(22)19-12-4-5-12)20-16(21)10-18-9-11-2-3-11/h6-8,11-12,18H,2-5,9-10H2,1H3,(H,19,22)(H,20,21). The summed E-state index contributed by atoms with van der Waals surface area (Å²) in [5, 5.41) is 8.90. The molecule has 6 nitrogen and oxygen atoms in total. The number of benzene rings is 1. The number of hydrogen-bond acceptors (Lipinski definition) is 4. The molecule has 1 aromatic carbocycles. The molecular formula is C17H23N3O3. The van der Waals surface area contributed by atoms with Crippen LogP contribution in [0.4, 0.5) is 5.69 Å². The van der Waals surface area contributed by atoms with Gasteiger partial charge in [-0.1, -0.05) is 0 Å². The van der Waals surface area contributed by atoms with Crippen molar-refractivity contribution in [1.29, 1.82) is 0 Å². The van der Waals surface area contributed by atoms with Crippen LogP contribution >= 0.6 is 0 Å². The Hall–Kier alpha value is -2.08. The molecule has 124 valence electrons. The molecule has 2 aliphatic rings. The topological polar surface area (TPSA) is 79.5 Å². The fourth-order valence-corrected chi connectivity index (χ4v) is 2.34. The SMILES string of the molecule is COc1ccc(NC(=O)CNCC2CC2)c(C(=O)NC2CC2)c1. The second-order valence-corrected chi connectivity index (χ2v) is 6.28. The Kier molecular flexibility index (Phi) is 4.81. The Morgan fingerprint density at radius 3 is 2.65 bits per heavy atom. The van der Waals surface area contributed by atoms with Gasteiger partial charge in [0.15, 0.2) is 0 Å². The molecule has 0 aliphatic heterocycles. The zero-order chi connectivity index (χ0) is 16.2. The van der Waals surface area contributed by atoms with Crippen molar-refractivity contribution in [2.75, 3.05) is 25.5 Å². The molecule has 0 radical (unpaired) electrons. The third-order valence-electron chi connectivity index (χ3n) is 4.07. The van der Waals surface area contributed by atoms with Crippen molar-refractivity contribution in [3.05, 3.63) is 23.8 Å². The zero-order valence-electron chi connectivity index (χ0n) is 13.4. The van der Waals surface area contributed by atoms with Gasteiger partial charge in [0.05, 0.1) is 24.9 Å². The van der Waals surface area contributed by atoms with Gasteiger partial charge in [0.2, 0.25) is 5.91 Å². The van der Waals surface area contributed by atoms with E-state index in [1.165, 1.54) is 12.8 Å². The number of anilines is 1. The highest BCUT2D eigenvalue weighted by atomic mass is 16.5. The van der Waals surface area contributed by atoms with Gasteiger partial charge >= 0.3 is 0 Å². The number of carbonyl (C=O) groups excluding carboxylic acids is 2. The number of rotatable bonds is 8. The van der Waals surface area contributed by atoms with E-state index in [2.05, 4.69) is 16.0 Å². The molecule has 23 heavy (non-hydrogen) atoms. The lowest BCUT2D eigenvalue weighted by Gasteiger charge is -2.13. The van der Waals surface area contributed by atoms with Gasteiger partial charge in [-0.3, -0.25) is 9.59 Å². The van der Waals surface area contributed by atoms with Crippen molar-refractivity contribution in [2.24, 2.45) is 5.92 Å². The summed E-state index contributed by atoms with van der Waals surface area (Å²) in [7, 11) is 1.55. The van der Waals surface area contributed by atoms with Crippen LogP contribution in [0.25, 0.3) is 0 Å². The summed E-state index contributed by atoms with van der Waals surface area (Å²) in [5.74, 6) is 1.00. The van der Waals surface area contributed by atoms with Gasteiger partial charge < -0.3 is 20.7 Å². The van der Waals surface area contributed by atoms with Gasteiger partial charge in [-0.2, -0.15) is 0 Å². The first-order valence-corrected chi connectivity index (χ1v) is 8.15. The first-order chi connectivity index (χ1) is 11.2. The average Bonchev–Trinajstić information content (AvgIpc) is 3.43. The third kappa shape index (κ3) is 4.69. The number of hydrogen-bond donors (Lipinski definition) is 3. The molecule has 0 spiro atoms. The molecule has 3 rings (SSSR count). The number of amides is 2. The molecule has 0 heterocycles. The molecule has 2 aliphatic carbocycles. The maximum Gasteiger partial charge on any atom is 0.253 e. The summed E-state index contributed by atoms with van der Waals surface area (Å²) < 4.78 is 5.18. The third-order valence-corrected chi connectivity index (χ3v) is 4.07. The lowest BCUT2D eigenvalue weighted by atomic mass is 10.1. The molecule has 0 unspecified atom stereocenters. The normalized spacial score (nSPS) is 16.7. The predicted octanol–water partition coefficient (Wildman–Crippen LogP) is 1.53. The molecule has 0 aromatic heterocycles. The van der Waals surface area contributed by atoms with Gasteiger partial charge in [0.25, 0.3) is 5.91 Å². The summed E-state index contributed by atoms with van der Waals surface area (Å²) in [6.45, 7) is 1.14. The fourth-order valence-electron chi connectivity index (χ4n) is 2.34. The van der Waals surface area contributed by atoms with E-state index in [1.54, 1.807) is 25.3 Å². The van der Waals surface area contributed by atoms with Crippen molar-refractivity contribution in [3.8, 4) is 5.75 Å². The van der Waals surface area contributed by atoms with Gasteiger partial charge in [-0.05, 0) is 56.3 Å². The predicted molar refractivity (Wildman–Crippen MR) is 87.7 cm³/mol. The van der Waals surface area contributed by atoms with E-state index >= 15 is 0 Å². The Morgan fingerprint density at radius 2 is 2.00 bits per heavy atom. The monoisotopic (exact) mass is 317 g/mol. The minimum atomic E-state index is -0.173. The van der Waals surface area contributed by atoms with Crippen LogP contribution in [-0.4, -0.2) is 38.1 Å². The first-order valence-electron chi connectivity index (χ1n) is 8.15. The average molecular weight is 317 g/mol. The highest BCUT2D eigenvalue weighted by Gasteiger charge is 2.25. The summed E-state index contributed by atoms with van der Waals surface area (Å²) >= 11 is 0. The van der Waals surface area contributed by atoms with Crippen LogP contribution in [0, 0.1) is 5.92 Å². The maximum absolute atomic E-state index is 12.3. The van der Waals surface area contributed by atoms with Crippen LogP contribution in [0.1, 0.15) is 36.0 Å². The molecule has 0 atom stereocenters. The molecule has 2 saturated carbocycles. The van der Waals surface area contributed by atoms with Crippen LogP contribution in [-0.2, 0) is 4.79 Å². The molecule has 2 amide bonds. The van der Waals surface area contributed by atoms with Gasteiger partial charge in [0, 0.05) is 6.04 Å². The Bertz CT molecular complexity index is 595. The van der Waals surface area contributed by atoms with E-state index in [-0.39, 0.29) is 24.4 Å². The van der Waals surface area contributed by atoms with Crippen LogP contribution in [0.15, 0.2) is 18.2 Å². The molecule has 6 heteroatoms. The van der Waals surface area contributed by atoms with E-state index in [9.17, 15) is 9.59 Å². The molecule has 3 N–H and O–H groups in total. The van der Waals surface area contributed by atoms with Crippen molar-refractivity contribution < 1.29 is 14.3 Å². The minimum absolute atomic E-state index is 0.142. The van der Waals surface area contributed by atoms with Crippen molar-refractivity contribution >= 4 is 17.5 Å².